The minimum Gasteiger partial charge on any atom is -0.477 e. The van der Waals surface area contributed by atoms with Gasteiger partial charge in [-0.15, -0.1) is 0 Å². The van der Waals surface area contributed by atoms with Crippen molar-refractivity contribution >= 4 is 34.3 Å². The number of carboxylic acids is 1. The fourth-order valence-corrected chi connectivity index (χ4v) is 2.03. The van der Waals surface area contributed by atoms with E-state index < -0.39 is 5.97 Å². The minimum absolute atomic E-state index is 0.0576. The predicted molar refractivity (Wildman–Crippen MR) is 84.8 cm³/mol. The van der Waals surface area contributed by atoms with E-state index in [2.05, 4.69) is 30.4 Å². The molecule has 20 heavy (non-hydrogen) atoms. The Balaban J connectivity index is 2.42. The first-order valence-electron chi connectivity index (χ1n) is 6.35. The zero-order valence-electron chi connectivity index (χ0n) is 11.8. The van der Waals surface area contributed by atoms with E-state index in [1.165, 1.54) is 0 Å². The summed E-state index contributed by atoms with van der Waals surface area (Å²) in [7, 11) is 0. The number of nitrogens with one attached hydrogen (secondary N) is 1. The number of anilines is 1. The first kappa shape index (κ1) is 14.7. The van der Waals surface area contributed by atoms with Gasteiger partial charge in [-0.1, -0.05) is 24.3 Å². The summed E-state index contributed by atoms with van der Waals surface area (Å²) < 4.78 is 0.0576. The van der Waals surface area contributed by atoms with Crippen molar-refractivity contribution in [2.45, 2.75) is 18.6 Å². The van der Waals surface area contributed by atoms with Crippen molar-refractivity contribution in [2.75, 3.05) is 18.1 Å². The molecule has 1 heterocycles. The first-order chi connectivity index (χ1) is 9.43. The lowest BCUT2D eigenvalue weighted by molar-refractivity contribution is 0.0691. The number of hydrogen-bond donors (Lipinski definition) is 2. The molecule has 0 saturated heterocycles. The Kier molecular flexibility index (Phi) is 4.18. The highest BCUT2D eigenvalue weighted by atomic mass is 32.2. The molecule has 2 N–H and O–H groups in total. The number of carbonyl (C=O) groups is 1. The van der Waals surface area contributed by atoms with Crippen LogP contribution in [0, 0.1) is 0 Å². The molecular formula is C15H18N2O2S. The Hall–Kier alpha value is -1.75. The smallest absolute Gasteiger partial charge is 0.354 e. The van der Waals surface area contributed by atoms with Gasteiger partial charge in [0.25, 0.3) is 0 Å². The van der Waals surface area contributed by atoms with E-state index in [9.17, 15) is 4.79 Å². The zero-order chi connectivity index (χ0) is 14.8. The summed E-state index contributed by atoms with van der Waals surface area (Å²) >= 11 is 1.76. The molecule has 0 spiro atoms. The van der Waals surface area contributed by atoms with Gasteiger partial charge in [-0.3, -0.25) is 0 Å². The third-order valence-electron chi connectivity index (χ3n) is 3.19. The Morgan fingerprint density at radius 1 is 1.40 bits per heavy atom. The number of rotatable bonds is 5. The average molecular weight is 290 g/mol. The number of aromatic nitrogens is 1. The average Bonchev–Trinajstić information content (AvgIpc) is 2.44. The molecule has 0 bridgehead atoms. The van der Waals surface area contributed by atoms with Gasteiger partial charge in [-0.25, -0.2) is 9.78 Å². The van der Waals surface area contributed by atoms with Gasteiger partial charge in [-0.2, -0.15) is 11.8 Å². The maximum absolute atomic E-state index is 11.2. The monoisotopic (exact) mass is 290 g/mol. The highest BCUT2D eigenvalue weighted by Crippen LogP contribution is 2.26. The Morgan fingerprint density at radius 3 is 2.75 bits per heavy atom. The molecule has 4 nitrogen and oxygen atoms in total. The van der Waals surface area contributed by atoms with Crippen LogP contribution in [0.25, 0.3) is 10.8 Å². The molecule has 2 rings (SSSR count). The molecule has 0 atom stereocenters. The van der Waals surface area contributed by atoms with Crippen LogP contribution in [0.4, 0.5) is 5.82 Å². The van der Waals surface area contributed by atoms with E-state index in [0.717, 1.165) is 10.8 Å². The lowest BCUT2D eigenvalue weighted by Crippen LogP contribution is -2.26. The van der Waals surface area contributed by atoms with Gasteiger partial charge in [0.2, 0.25) is 0 Å². The standard InChI is InChI=1S/C15H18N2O2S/c1-15(2,20-3)9-16-13-11-7-5-4-6-10(11)8-12(17-13)14(18)19/h4-8H,9H2,1-3H3,(H,16,17)(H,18,19). The van der Waals surface area contributed by atoms with Crippen LogP contribution in [0.3, 0.4) is 0 Å². The molecule has 0 aliphatic carbocycles. The van der Waals surface area contributed by atoms with E-state index in [1.807, 2.05) is 24.3 Å². The van der Waals surface area contributed by atoms with Gasteiger partial charge < -0.3 is 10.4 Å². The largest absolute Gasteiger partial charge is 0.477 e. The summed E-state index contributed by atoms with van der Waals surface area (Å²) in [6.45, 7) is 4.98. The van der Waals surface area contributed by atoms with E-state index in [-0.39, 0.29) is 10.4 Å². The van der Waals surface area contributed by atoms with Crippen LogP contribution in [0.1, 0.15) is 24.3 Å². The molecule has 0 aliphatic rings. The lowest BCUT2D eigenvalue weighted by atomic mass is 10.1. The molecule has 5 heteroatoms. The number of aromatic carboxylic acids is 1. The summed E-state index contributed by atoms with van der Waals surface area (Å²) in [6.07, 6.45) is 2.06. The number of hydrogen-bond acceptors (Lipinski definition) is 4. The minimum atomic E-state index is -1.01. The molecule has 0 saturated carbocycles. The molecule has 0 aliphatic heterocycles. The van der Waals surface area contributed by atoms with Crippen LogP contribution in [-0.4, -0.2) is 33.6 Å². The van der Waals surface area contributed by atoms with Crippen LogP contribution in [-0.2, 0) is 0 Å². The third-order valence-corrected chi connectivity index (χ3v) is 4.44. The number of thioether (sulfide) groups is 1. The third kappa shape index (κ3) is 3.22. The topological polar surface area (TPSA) is 62.2 Å². The van der Waals surface area contributed by atoms with E-state index >= 15 is 0 Å². The molecule has 0 radical (unpaired) electrons. The van der Waals surface area contributed by atoms with Crippen molar-refractivity contribution in [3.05, 3.63) is 36.0 Å². The van der Waals surface area contributed by atoms with Crippen molar-refractivity contribution in [1.29, 1.82) is 0 Å². The van der Waals surface area contributed by atoms with Gasteiger partial charge in [0.05, 0.1) is 0 Å². The van der Waals surface area contributed by atoms with E-state index in [4.69, 9.17) is 5.11 Å². The van der Waals surface area contributed by atoms with Crippen LogP contribution in [0.5, 0.6) is 0 Å². The molecule has 0 amide bonds. The second-order valence-corrected chi connectivity index (χ2v) is 6.71. The van der Waals surface area contributed by atoms with Gasteiger partial charge in [0, 0.05) is 16.7 Å². The first-order valence-corrected chi connectivity index (χ1v) is 7.57. The molecule has 0 fully saturated rings. The summed E-state index contributed by atoms with van der Waals surface area (Å²) in [5.74, 6) is -0.384. The second-order valence-electron chi connectivity index (χ2n) is 5.20. The molecule has 1 aromatic heterocycles. The quantitative estimate of drug-likeness (QED) is 0.882. The second kappa shape index (κ2) is 5.71. The zero-order valence-corrected chi connectivity index (χ0v) is 12.6. The molecule has 106 valence electrons. The summed E-state index contributed by atoms with van der Waals surface area (Å²) in [6, 6.07) is 9.26. The summed E-state index contributed by atoms with van der Waals surface area (Å²) in [5.41, 5.74) is 0.0631. The van der Waals surface area contributed by atoms with Crippen molar-refractivity contribution in [2.24, 2.45) is 0 Å². The lowest BCUT2D eigenvalue weighted by Gasteiger charge is -2.23. The van der Waals surface area contributed by atoms with E-state index in [1.54, 1.807) is 17.8 Å². The number of benzene rings is 1. The van der Waals surface area contributed by atoms with Crippen LogP contribution in [0.2, 0.25) is 0 Å². The maximum atomic E-state index is 11.2. The predicted octanol–water partition coefficient (Wildman–Crippen LogP) is 3.49. The fraction of sp³-hybridized carbons (Fsp3) is 0.333. The molecule has 2 aromatic rings. The van der Waals surface area contributed by atoms with Crippen molar-refractivity contribution in [1.82, 2.24) is 4.98 Å². The number of nitrogens with zero attached hydrogens (tertiary/aromatic N) is 1. The van der Waals surface area contributed by atoms with E-state index in [0.29, 0.717) is 12.4 Å². The molecule has 1 aromatic carbocycles. The van der Waals surface area contributed by atoms with Crippen LogP contribution in [0.15, 0.2) is 30.3 Å². The fourth-order valence-electron chi connectivity index (χ4n) is 1.81. The van der Waals surface area contributed by atoms with Gasteiger partial charge >= 0.3 is 5.97 Å². The van der Waals surface area contributed by atoms with Gasteiger partial charge in [0.15, 0.2) is 5.69 Å². The van der Waals surface area contributed by atoms with Gasteiger partial charge in [-0.05, 0) is 31.6 Å². The van der Waals surface area contributed by atoms with Crippen molar-refractivity contribution in [3.63, 3.8) is 0 Å². The summed E-state index contributed by atoms with van der Waals surface area (Å²) in [4.78, 5) is 15.4. The number of carboxylic acid groups (broad SMARTS) is 1. The number of fused-ring (bicyclic) bond motifs is 1. The summed E-state index contributed by atoms with van der Waals surface area (Å²) in [5, 5.41) is 14.2. The van der Waals surface area contributed by atoms with Gasteiger partial charge in [0.1, 0.15) is 5.82 Å². The normalized spacial score (nSPS) is 11.6. The SMILES string of the molecule is CSC(C)(C)CNc1nc(C(=O)O)cc2ccccc12. The highest BCUT2D eigenvalue weighted by molar-refractivity contribution is 7.99. The Labute approximate surface area is 122 Å². The van der Waals surface area contributed by atoms with Crippen LogP contribution < -0.4 is 5.32 Å². The molecular weight excluding hydrogens is 272 g/mol. The maximum Gasteiger partial charge on any atom is 0.354 e. The van der Waals surface area contributed by atoms with Crippen molar-refractivity contribution < 1.29 is 9.90 Å². The highest BCUT2D eigenvalue weighted by Gasteiger charge is 2.17. The Morgan fingerprint density at radius 2 is 2.10 bits per heavy atom. The van der Waals surface area contributed by atoms with Crippen LogP contribution >= 0.6 is 11.8 Å². The Bertz CT molecular complexity index is 641. The molecule has 0 unspecified atom stereocenters. The number of pyridine rings is 1. The van der Waals surface area contributed by atoms with Crippen molar-refractivity contribution in [3.8, 4) is 0 Å².